The van der Waals surface area contributed by atoms with E-state index in [1.54, 1.807) is 0 Å². The molecule has 3 aromatic carbocycles. The molecule has 0 radical (unpaired) electrons. The molecule has 134 valence electrons. The molecule has 0 amide bonds. The van der Waals surface area contributed by atoms with Crippen LogP contribution < -0.4 is 10.2 Å². The summed E-state index contributed by atoms with van der Waals surface area (Å²) in [4.78, 5) is 11.7. The Morgan fingerprint density at radius 1 is 0.741 bits per heavy atom. The smallest absolute Gasteiger partial charge is 0.227 e. The lowest BCUT2D eigenvalue weighted by Gasteiger charge is -2.19. The van der Waals surface area contributed by atoms with E-state index >= 15 is 0 Å². The molecule has 4 aromatic rings. The van der Waals surface area contributed by atoms with Gasteiger partial charge in [0.15, 0.2) is 0 Å². The number of aromatic nitrogens is 2. The van der Waals surface area contributed by atoms with E-state index in [2.05, 4.69) is 52.7 Å². The number of anilines is 2. The zero-order valence-electron chi connectivity index (χ0n) is 15.3. The van der Waals surface area contributed by atoms with Crippen molar-refractivity contribution in [1.29, 1.82) is 0 Å². The fraction of sp³-hybridized carbons (Fsp3) is 0.130. The van der Waals surface area contributed by atoms with E-state index < -0.39 is 0 Å². The molecular formula is C23H22N4. The molecule has 0 atom stereocenters. The zero-order chi connectivity index (χ0) is 18.5. The minimum atomic E-state index is 0.716. The van der Waals surface area contributed by atoms with E-state index in [1.165, 1.54) is 11.1 Å². The molecule has 0 saturated heterocycles. The van der Waals surface area contributed by atoms with Crippen LogP contribution in [0.25, 0.3) is 10.9 Å². The normalized spacial score (nSPS) is 10.7. The van der Waals surface area contributed by atoms with E-state index in [9.17, 15) is 0 Å². The zero-order valence-corrected chi connectivity index (χ0v) is 15.3. The van der Waals surface area contributed by atoms with Gasteiger partial charge in [-0.15, -0.1) is 0 Å². The van der Waals surface area contributed by atoms with Crippen LogP contribution in [0, 0.1) is 0 Å². The Balaban J connectivity index is 1.63. The summed E-state index contributed by atoms with van der Waals surface area (Å²) in [5, 5.41) is 4.52. The van der Waals surface area contributed by atoms with Crippen molar-refractivity contribution >= 4 is 22.7 Å². The third-order valence-corrected chi connectivity index (χ3v) is 4.50. The van der Waals surface area contributed by atoms with Crippen LogP contribution in [-0.4, -0.2) is 17.0 Å². The highest BCUT2D eigenvalue weighted by molar-refractivity contribution is 5.90. The predicted octanol–water partition coefficient (Wildman–Crippen LogP) is 4.88. The lowest BCUT2D eigenvalue weighted by Crippen LogP contribution is -2.20. The van der Waals surface area contributed by atoms with E-state index in [0.717, 1.165) is 29.8 Å². The van der Waals surface area contributed by atoms with Crippen LogP contribution in [0.2, 0.25) is 0 Å². The molecule has 0 unspecified atom stereocenters. The van der Waals surface area contributed by atoms with Gasteiger partial charge in [0.1, 0.15) is 5.82 Å². The number of nitrogens with one attached hydrogen (secondary N) is 1. The topological polar surface area (TPSA) is 41.1 Å². The van der Waals surface area contributed by atoms with Crippen molar-refractivity contribution in [1.82, 2.24) is 9.97 Å². The molecule has 1 aromatic heterocycles. The predicted molar refractivity (Wildman–Crippen MR) is 112 cm³/mol. The summed E-state index contributed by atoms with van der Waals surface area (Å²) >= 11 is 0. The third-order valence-electron chi connectivity index (χ3n) is 4.50. The molecule has 0 bridgehead atoms. The Hall–Kier alpha value is -3.40. The summed E-state index contributed by atoms with van der Waals surface area (Å²) in [5.74, 6) is 1.58. The van der Waals surface area contributed by atoms with E-state index in [1.807, 2.05) is 49.5 Å². The molecule has 0 aliphatic heterocycles. The van der Waals surface area contributed by atoms with Crippen LogP contribution >= 0.6 is 0 Å². The molecule has 0 spiro atoms. The van der Waals surface area contributed by atoms with Gasteiger partial charge in [0.25, 0.3) is 0 Å². The molecule has 0 aliphatic carbocycles. The van der Waals surface area contributed by atoms with Gasteiger partial charge in [0.2, 0.25) is 5.95 Å². The van der Waals surface area contributed by atoms with Crippen molar-refractivity contribution in [2.45, 2.75) is 13.1 Å². The van der Waals surface area contributed by atoms with Crippen LogP contribution in [0.5, 0.6) is 0 Å². The molecule has 0 aliphatic rings. The van der Waals surface area contributed by atoms with Crippen LogP contribution in [0.15, 0.2) is 84.9 Å². The van der Waals surface area contributed by atoms with Crippen molar-refractivity contribution in [3.05, 3.63) is 96.1 Å². The molecule has 4 heteroatoms. The van der Waals surface area contributed by atoms with Crippen LogP contribution in [-0.2, 0) is 13.1 Å². The SMILES string of the molecule is CN(Cc1ccccc1)c1nc(NCc2ccccc2)c2ccccc2n1. The van der Waals surface area contributed by atoms with E-state index in [0.29, 0.717) is 5.95 Å². The van der Waals surface area contributed by atoms with Gasteiger partial charge in [-0.05, 0) is 23.3 Å². The highest BCUT2D eigenvalue weighted by Gasteiger charge is 2.11. The summed E-state index contributed by atoms with van der Waals surface area (Å²) in [6.07, 6.45) is 0. The maximum atomic E-state index is 4.82. The van der Waals surface area contributed by atoms with Crippen molar-refractivity contribution in [3.63, 3.8) is 0 Å². The van der Waals surface area contributed by atoms with Gasteiger partial charge < -0.3 is 10.2 Å². The summed E-state index contributed by atoms with van der Waals surface area (Å²) in [6.45, 7) is 1.49. The second-order valence-electron chi connectivity index (χ2n) is 6.57. The Morgan fingerprint density at radius 3 is 2.11 bits per heavy atom. The third kappa shape index (κ3) is 4.06. The summed E-state index contributed by atoms with van der Waals surface area (Å²) in [6, 6.07) is 28.8. The largest absolute Gasteiger partial charge is 0.365 e. The van der Waals surface area contributed by atoms with Gasteiger partial charge in [-0.1, -0.05) is 72.8 Å². The molecule has 4 rings (SSSR count). The Labute approximate surface area is 159 Å². The second kappa shape index (κ2) is 7.87. The number of hydrogen-bond acceptors (Lipinski definition) is 4. The highest BCUT2D eigenvalue weighted by Crippen LogP contribution is 2.24. The highest BCUT2D eigenvalue weighted by atomic mass is 15.2. The molecule has 0 fully saturated rings. The first-order chi connectivity index (χ1) is 13.3. The second-order valence-corrected chi connectivity index (χ2v) is 6.57. The van der Waals surface area contributed by atoms with Crippen LogP contribution in [0.3, 0.4) is 0 Å². The molecule has 1 heterocycles. The van der Waals surface area contributed by atoms with Gasteiger partial charge in [0.05, 0.1) is 5.52 Å². The number of para-hydroxylation sites is 1. The fourth-order valence-electron chi connectivity index (χ4n) is 3.08. The van der Waals surface area contributed by atoms with Crippen molar-refractivity contribution in [3.8, 4) is 0 Å². The first-order valence-electron chi connectivity index (χ1n) is 9.09. The Kier molecular flexibility index (Phi) is 4.97. The quantitative estimate of drug-likeness (QED) is 0.536. The molecule has 0 saturated carbocycles. The number of benzene rings is 3. The van der Waals surface area contributed by atoms with Gasteiger partial charge >= 0.3 is 0 Å². The standard InChI is InChI=1S/C23H22N4/c1-27(17-19-12-6-3-7-13-19)23-25-21-15-9-8-14-20(21)22(26-23)24-16-18-10-4-2-5-11-18/h2-15H,16-17H2,1H3,(H,24,25,26). The average molecular weight is 354 g/mol. The lowest BCUT2D eigenvalue weighted by molar-refractivity contribution is 0.873. The average Bonchev–Trinajstić information content (AvgIpc) is 2.73. The van der Waals surface area contributed by atoms with Crippen molar-refractivity contribution in [2.24, 2.45) is 0 Å². The number of nitrogens with zero attached hydrogens (tertiary/aromatic N) is 3. The molecule has 1 N–H and O–H groups in total. The van der Waals surface area contributed by atoms with Crippen molar-refractivity contribution < 1.29 is 0 Å². The Morgan fingerprint density at radius 2 is 1.37 bits per heavy atom. The van der Waals surface area contributed by atoms with Gasteiger partial charge in [-0.3, -0.25) is 0 Å². The van der Waals surface area contributed by atoms with Crippen LogP contribution in [0.4, 0.5) is 11.8 Å². The van der Waals surface area contributed by atoms with Gasteiger partial charge in [0, 0.05) is 25.5 Å². The van der Waals surface area contributed by atoms with E-state index in [-0.39, 0.29) is 0 Å². The monoisotopic (exact) mass is 354 g/mol. The first kappa shape index (κ1) is 17.0. The van der Waals surface area contributed by atoms with Crippen molar-refractivity contribution in [2.75, 3.05) is 17.3 Å². The van der Waals surface area contributed by atoms with Crippen LogP contribution in [0.1, 0.15) is 11.1 Å². The summed E-state index contributed by atoms with van der Waals surface area (Å²) < 4.78 is 0. The minimum Gasteiger partial charge on any atom is -0.365 e. The number of fused-ring (bicyclic) bond motifs is 1. The maximum Gasteiger partial charge on any atom is 0.227 e. The number of hydrogen-bond donors (Lipinski definition) is 1. The van der Waals surface area contributed by atoms with Gasteiger partial charge in [-0.25, -0.2) is 4.98 Å². The molecule has 4 nitrogen and oxygen atoms in total. The molecular weight excluding hydrogens is 332 g/mol. The fourth-order valence-corrected chi connectivity index (χ4v) is 3.08. The minimum absolute atomic E-state index is 0.716. The Bertz CT molecular complexity index is 1020. The molecule has 27 heavy (non-hydrogen) atoms. The van der Waals surface area contributed by atoms with E-state index in [4.69, 9.17) is 9.97 Å². The lowest BCUT2D eigenvalue weighted by atomic mass is 10.2. The maximum absolute atomic E-state index is 4.82. The summed E-state index contributed by atoms with van der Waals surface area (Å²) in [5.41, 5.74) is 3.40. The van der Waals surface area contributed by atoms with Gasteiger partial charge in [-0.2, -0.15) is 4.98 Å². The summed E-state index contributed by atoms with van der Waals surface area (Å²) in [7, 11) is 2.03. The number of rotatable bonds is 6. The first-order valence-corrected chi connectivity index (χ1v) is 9.09.